The van der Waals surface area contributed by atoms with Crippen LogP contribution in [0.25, 0.3) is 0 Å². The molecule has 0 unspecified atom stereocenters. The van der Waals surface area contributed by atoms with Gasteiger partial charge < -0.3 is 4.74 Å². The van der Waals surface area contributed by atoms with Gasteiger partial charge in [0.1, 0.15) is 0 Å². The maximum atomic E-state index is 12.3. The van der Waals surface area contributed by atoms with E-state index in [-0.39, 0.29) is 29.8 Å². The number of nitrogens with zero attached hydrogens (tertiary/aromatic N) is 1. The molecule has 1 aromatic rings. The quantitative estimate of drug-likeness (QED) is 0.279. The van der Waals surface area contributed by atoms with E-state index >= 15 is 0 Å². The number of hydrogen-bond donors (Lipinski definition) is 0. The third-order valence-electron chi connectivity index (χ3n) is 4.09. The number of sulfonamides is 1. The number of esters is 1. The van der Waals surface area contributed by atoms with Crippen molar-refractivity contribution in [2.75, 3.05) is 27.0 Å². The summed E-state index contributed by atoms with van der Waals surface area (Å²) in [6.45, 7) is 1.73. The minimum atomic E-state index is -3.19. The van der Waals surface area contributed by atoms with Gasteiger partial charge in [-0.25, -0.2) is 12.7 Å². The average molecular weight is 394 g/mol. The van der Waals surface area contributed by atoms with Crippen LogP contribution in [-0.4, -0.2) is 51.4 Å². The van der Waals surface area contributed by atoms with Crippen molar-refractivity contribution in [2.24, 2.45) is 5.92 Å². The Bertz CT molecular complexity index is 818. The third-order valence-corrected chi connectivity index (χ3v) is 6.00. The second-order valence-corrected chi connectivity index (χ2v) is 8.77. The van der Waals surface area contributed by atoms with Crippen molar-refractivity contribution in [3.63, 3.8) is 0 Å². The van der Waals surface area contributed by atoms with E-state index in [2.05, 4.69) is 16.6 Å². The summed E-state index contributed by atoms with van der Waals surface area (Å²) in [6, 6.07) is 7.00. The summed E-state index contributed by atoms with van der Waals surface area (Å²) in [6.07, 6.45) is 1.61. The molecule has 0 N–H and O–H groups in total. The molecule has 1 aromatic carbocycles. The van der Waals surface area contributed by atoms with Gasteiger partial charge in [-0.05, 0) is 25.0 Å². The molecule has 0 spiro atoms. The third kappa shape index (κ3) is 7.94. The Kier molecular flexibility index (Phi) is 9.19. The minimum absolute atomic E-state index is 0.0496. The van der Waals surface area contributed by atoms with Crippen LogP contribution >= 0.6 is 0 Å². The van der Waals surface area contributed by atoms with Crippen molar-refractivity contribution < 1.29 is 22.7 Å². The van der Waals surface area contributed by atoms with Gasteiger partial charge in [0, 0.05) is 38.1 Å². The SMILES string of the molecule is COC(=O)[C@@H](C)CCC(=O)c1cccc(C#CCCCS(=O)(=O)N(C)C)c1. The van der Waals surface area contributed by atoms with Crippen LogP contribution in [0.3, 0.4) is 0 Å². The maximum absolute atomic E-state index is 12.3. The van der Waals surface area contributed by atoms with Gasteiger partial charge in [-0.1, -0.05) is 30.9 Å². The number of methoxy groups -OCH3 is 1. The van der Waals surface area contributed by atoms with Crippen molar-refractivity contribution >= 4 is 21.8 Å². The summed E-state index contributed by atoms with van der Waals surface area (Å²) >= 11 is 0. The van der Waals surface area contributed by atoms with Crippen LogP contribution in [0.4, 0.5) is 0 Å². The second kappa shape index (κ2) is 10.9. The normalized spacial score (nSPS) is 12.2. The number of Topliss-reactive ketones (excluding diaryl/α,β-unsaturated/α-hetero) is 1. The van der Waals surface area contributed by atoms with Crippen LogP contribution < -0.4 is 0 Å². The topological polar surface area (TPSA) is 80.8 Å². The Morgan fingerprint density at radius 1 is 1.26 bits per heavy atom. The summed E-state index contributed by atoms with van der Waals surface area (Å²) in [4.78, 5) is 23.7. The molecule has 1 atom stereocenters. The van der Waals surface area contributed by atoms with E-state index in [0.29, 0.717) is 30.4 Å². The van der Waals surface area contributed by atoms with E-state index in [9.17, 15) is 18.0 Å². The van der Waals surface area contributed by atoms with Crippen LogP contribution in [0.15, 0.2) is 24.3 Å². The highest BCUT2D eigenvalue weighted by Gasteiger charge is 2.15. The Hall–Kier alpha value is -2.17. The van der Waals surface area contributed by atoms with Crippen molar-refractivity contribution in [2.45, 2.75) is 32.6 Å². The van der Waals surface area contributed by atoms with Crippen LogP contribution in [0, 0.1) is 17.8 Å². The first-order chi connectivity index (χ1) is 12.7. The van der Waals surface area contributed by atoms with Gasteiger partial charge >= 0.3 is 5.97 Å². The molecule has 0 saturated heterocycles. The van der Waals surface area contributed by atoms with Gasteiger partial charge in [0.2, 0.25) is 10.0 Å². The lowest BCUT2D eigenvalue weighted by molar-refractivity contribution is -0.144. The second-order valence-electron chi connectivity index (χ2n) is 6.47. The first kappa shape index (κ1) is 22.9. The lowest BCUT2D eigenvalue weighted by Gasteiger charge is -2.09. The fourth-order valence-electron chi connectivity index (χ4n) is 2.27. The van der Waals surface area contributed by atoms with Crippen LogP contribution in [0.5, 0.6) is 0 Å². The number of carbonyl (C=O) groups is 2. The highest BCUT2D eigenvalue weighted by atomic mass is 32.2. The molecule has 0 radical (unpaired) electrons. The zero-order valence-corrected chi connectivity index (χ0v) is 17.1. The smallest absolute Gasteiger partial charge is 0.308 e. The van der Waals surface area contributed by atoms with E-state index in [1.54, 1.807) is 31.2 Å². The van der Waals surface area contributed by atoms with Crippen LogP contribution in [0.2, 0.25) is 0 Å². The molecule has 148 valence electrons. The molecule has 0 fully saturated rings. The van der Waals surface area contributed by atoms with Gasteiger partial charge in [-0.3, -0.25) is 9.59 Å². The lowest BCUT2D eigenvalue weighted by atomic mass is 9.99. The Morgan fingerprint density at radius 3 is 2.59 bits per heavy atom. The van der Waals surface area contributed by atoms with Crippen molar-refractivity contribution in [3.05, 3.63) is 35.4 Å². The van der Waals surface area contributed by atoms with Crippen LogP contribution in [-0.2, 0) is 19.6 Å². The molecule has 1 rings (SSSR count). The fraction of sp³-hybridized carbons (Fsp3) is 0.500. The van der Waals surface area contributed by atoms with Crippen LogP contribution in [0.1, 0.15) is 48.5 Å². The summed E-state index contributed by atoms with van der Waals surface area (Å²) in [5, 5.41) is 0. The summed E-state index contributed by atoms with van der Waals surface area (Å²) in [5.41, 5.74) is 1.26. The highest BCUT2D eigenvalue weighted by Crippen LogP contribution is 2.13. The first-order valence-electron chi connectivity index (χ1n) is 8.77. The number of rotatable bonds is 9. The lowest BCUT2D eigenvalue weighted by Crippen LogP contribution is -2.24. The number of benzene rings is 1. The average Bonchev–Trinajstić information content (AvgIpc) is 2.64. The summed E-state index contributed by atoms with van der Waals surface area (Å²) < 4.78 is 29.2. The van der Waals surface area contributed by atoms with E-state index in [1.807, 2.05) is 0 Å². The number of ether oxygens (including phenoxy) is 1. The predicted molar refractivity (Wildman–Crippen MR) is 105 cm³/mol. The molecule has 0 aliphatic carbocycles. The largest absolute Gasteiger partial charge is 0.469 e. The van der Waals surface area contributed by atoms with Crippen molar-refractivity contribution in [1.29, 1.82) is 0 Å². The molecular weight excluding hydrogens is 366 g/mol. The maximum Gasteiger partial charge on any atom is 0.308 e. The molecule has 0 aliphatic rings. The Balaban J connectivity index is 2.59. The zero-order chi connectivity index (χ0) is 20.4. The first-order valence-corrected chi connectivity index (χ1v) is 10.4. The van der Waals surface area contributed by atoms with Gasteiger partial charge in [0.25, 0.3) is 0 Å². The molecule has 0 aromatic heterocycles. The molecule has 27 heavy (non-hydrogen) atoms. The Labute approximate surface area is 161 Å². The molecule has 0 bridgehead atoms. The molecule has 7 heteroatoms. The minimum Gasteiger partial charge on any atom is -0.469 e. The standard InChI is InChI=1S/C20H27NO5S/c1-16(20(23)26-4)12-13-19(22)18-11-8-10-17(15-18)9-6-5-7-14-27(24,25)21(2)3/h8,10-11,15-16H,5,7,12-14H2,1-4H3/t16-/m0/s1. The molecule has 0 saturated carbocycles. The number of hydrogen-bond acceptors (Lipinski definition) is 5. The highest BCUT2D eigenvalue weighted by molar-refractivity contribution is 7.89. The van der Waals surface area contributed by atoms with Crippen molar-refractivity contribution in [3.8, 4) is 11.8 Å². The monoisotopic (exact) mass is 393 g/mol. The number of ketones is 1. The predicted octanol–water partition coefficient (Wildman–Crippen LogP) is 2.48. The molecule has 0 amide bonds. The van der Waals surface area contributed by atoms with E-state index in [1.165, 1.54) is 25.5 Å². The van der Waals surface area contributed by atoms with Crippen molar-refractivity contribution in [1.82, 2.24) is 4.31 Å². The Morgan fingerprint density at radius 2 is 1.96 bits per heavy atom. The van der Waals surface area contributed by atoms with Gasteiger partial charge in [0.05, 0.1) is 18.8 Å². The van der Waals surface area contributed by atoms with Gasteiger partial charge in [0.15, 0.2) is 5.78 Å². The molecule has 0 heterocycles. The number of carbonyl (C=O) groups excluding carboxylic acids is 2. The van der Waals surface area contributed by atoms with E-state index < -0.39 is 10.0 Å². The van der Waals surface area contributed by atoms with Gasteiger partial charge in [-0.15, -0.1) is 0 Å². The summed E-state index contributed by atoms with van der Waals surface area (Å²) in [7, 11) is 1.16. The zero-order valence-electron chi connectivity index (χ0n) is 16.3. The molecule has 0 aliphatic heterocycles. The molecular formula is C20H27NO5S. The van der Waals surface area contributed by atoms with E-state index in [0.717, 1.165) is 0 Å². The van der Waals surface area contributed by atoms with E-state index in [4.69, 9.17) is 0 Å². The number of unbranched alkanes of at least 4 members (excludes halogenated alkanes) is 1. The fourth-order valence-corrected chi connectivity index (χ4v) is 3.15. The van der Waals surface area contributed by atoms with Gasteiger partial charge in [-0.2, -0.15) is 0 Å². The molecule has 6 nitrogen and oxygen atoms in total. The summed E-state index contributed by atoms with van der Waals surface area (Å²) in [5.74, 6) is 5.28.